The lowest BCUT2D eigenvalue weighted by Gasteiger charge is -2.30. The highest BCUT2D eigenvalue weighted by Crippen LogP contribution is 2.33. The number of carbonyl (C=O) groups is 2. The number of hydrogen-bond acceptors (Lipinski definition) is 3. The van der Waals surface area contributed by atoms with Crippen LogP contribution in [-0.4, -0.2) is 45.6 Å². The van der Waals surface area contributed by atoms with Gasteiger partial charge >= 0.3 is 0 Å². The average molecular weight is 393 g/mol. The zero-order valence-corrected chi connectivity index (χ0v) is 17.3. The molecule has 2 aromatic rings. The van der Waals surface area contributed by atoms with E-state index < -0.39 is 0 Å². The highest BCUT2D eigenvalue weighted by Gasteiger charge is 2.35. The van der Waals surface area contributed by atoms with Crippen LogP contribution in [0.15, 0.2) is 47.7 Å². The van der Waals surface area contributed by atoms with Crippen molar-refractivity contribution in [2.75, 3.05) is 13.6 Å². The van der Waals surface area contributed by atoms with Crippen LogP contribution in [0.3, 0.4) is 0 Å². The molecular weight excluding hydrogens is 364 g/mol. The second-order valence-electron chi connectivity index (χ2n) is 8.24. The largest absolute Gasteiger partial charge is 0.350 e. The van der Waals surface area contributed by atoms with Gasteiger partial charge in [-0.05, 0) is 37.5 Å². The number of carbonyl (C=O) groups excluding carboxylic acids is 2. The molecule has 0 bridgehead atoms. The Balaban J connectivity index is 1.57. The van der Waals surface area contributed by atoms with Gasteiger partial charge in [0.2, 0.25) is 5.91 Å². The van der Waals surface area contributed by atoms with Crippen LogP contribution in [0.25, 0.3) is 0 Å². The molecule has 2 amide bonds. The number of hydrazone groups is 1. The summed E-state index contributed by atoms with van der Waals surface area (Å²) in [5.74, 6) is 0.0129. The van der Waals surface area contributed by atoms with Gasteiger partial charge in [-0.1, -0.05) is 36.2 Å². The van der Waals surface area contributed by atoms with Crippen molar-refractivity contribution < 1.29 is 9.59 Å². The van der Waals surface area contributed by atoms with Gasteiger partial charge in [-0.2, -0.15) is 5.10 Å². The number of nitrogens with zero attached hydrogens (tertiary/aromatic N) is 4. The summed E-state index contributed by atoms with van der Waals surface area (Å²) in [6.45, 7) is 2.11. The van der Waals surface area contributed by atoms with Gasteiger partial charge in [-0.3, -0.25) is 9.59 Å². The molecule has 1 saturated carbocycles. The number of amides is 2. The van der Waals surface area contributed by atoms with Gasteiger partial charge in [0.25, 0.3) is 5.91 Å². The molecule has 29 heavy (non-hydrogen) atoms. The Morgan fingerprint density at radius 3 is 2.48 bits per heavy atom. The standard InChI is InChI=1S/C23H28N4O2/c1-16-9-11-17(12-10-16)21-14-19(20-8-5-13-25(20)2)24-27(21)22(28)15-26(3)23(29)18-6-4-7-18/h5,8-13,18,21H,4,6-7,14-15H2,1-3H3/t21-/m0/s1. The molecule has 4 rings (SSSR count). The Morgan fingerprint density at radius 2 is 1.90 bits per heavy atom. The van der Waals surface area contributed by atoms with Crippen molar-refractivity contribution >= 4 is 17.5 Å². The Kier molecular flexibility index (Phi) is 5.26. The molecule has 2 heterocycles. The molecular formula is C23H28N4O2. The smallest absolute Gasteiger partial charge is 0.262 e. The van der Waals surface area contributed by atoms with Crippen molar-refractivity contribution in [3.63, 3.8) is 0 Å². The third kappa shape index (κ3) is 3.84. The molecule has 1 fully saturated rings. The molecule has 1 aliphatic carbocycles. The fourth-order valence-electron chi connectivity index (χ4n) is 4.02. The fourth-order valence-corrected chi connectivity index (χ4v) is 4.02. The van der Waals surface area contributed by atoms with Crippen molar-refractivity contribution in [2.24, 2.45) is 18.1 Å². The van der Waals surface area contributed by atoms with E-state index in [1.165, 1.54) is 5.56 Å². The molecule has 152 valence electrons. The summed E-state index contributed by atoms with van der Waals surface area (Å²) in [6.07, 6.45) is 5.61. The first-order chi connectivity index (χ1) is 13.9. The lowest BCUT2D eigenvalue weighted by atomic mass is 9.84. The number of hydrogen-bond donors (Lipinski definition) is 0. The SMILES string of the molecule is Cc1ccc([C@@H]2CC(c3cccn3C)=NN2C(=O)CN(C)C(=O)C2CCC2)cc1. The number of aromatic nitrogens is 1. The molecule has 0 saturated heterocycles. The van der Waals surface area contributed by atoms with Crippen LogP contribution in [0.5, 0.6) is 0 Å². The van der Waals surface area contributed by atoms with Gasteiger partial charge in [0.1, 0.15) is 6.54 Å². The van der Waals surface area contributed by atoms with Gasteiger partial charge in [-0.25, -0.2) is 5.01 Å². The molecule has 6 heteroatoms. The van der Waals surface area contributed by atoms with E-state index in [-0.39, 0.29) is 30.3 Å². The quantitative estimate of drug-likeness (QED) is 0.784. The Morgan fingerprint density at radius 1 is 1.17 bits per heavy atom. The molecule has 1 aromatic carbocycles. The maximum absolute atomic E-state index is 13.2. The lowest BCUT2D eigenvalue weighted by molar-refractivity contribution is -0.144. The van der Waals surface area contributed by atoms with Crippen molar-refractivity contribution in [1.29, 1.82) is 0 Å². The molecule has 0 unspecified atom stereocenters. The second kappa shape index (κ2) is 7.85. The van der Waals surface area contributed by atoms with Gasteiger partial charge in [0.05, 0.1) is 17.4 Å². The van der Waals surface area contributed by atoms with E-state index in [1.807, 2.05) is 36.9 Å². The van der Waals surface area contributed by atoms with E-state index in [1.54, 1.807) is 17.0 Å². The molecule has 0 N–H and O–H groups in total. The monoisotopic (exact) mass is 392 g/mol. The molecule has 1 aromatic heterocycles. The van der Waals surface area contributed by atoms with Crippen LogP contribution >= 0.6 is 0 Å². The minimum Gasteiger partial charge on any atom is -0.350 e. The predicted molar refractivity (Wildman–Crippen MR) is 112 cm³/mol. The van der Waals surface area contributed by atoms with E-state index in [0.29, 0.717) is 6.42 Å². The van der Waals surface area contributed by atoms with Gasteiger partial charge in [0.15, 0.2) is 0 Å². The Hall–Kier alpha value is -2.89. The maximum Gasteiger partial charge on any atom is 0.262 e. The number of likely N-dealkylation sites (N-methyl/N-ethyl adjacent to an activating group) is 1. The molecule has 0 radical (unpaired) electrons. The second-order valence-corrected chi connectivity index (χ2v) is 8.24. The number of rotatable bonds is 5. The van der Waals surface area contributed by atoms with Crippen LogP contribution in [0, 0.1) is 12.8 Å². The van der Waals surface area contributed by atoms with Crippen LogP contribution in [0.4, 0.5) is 0 Å². The molecule has 6 nitrogen and oxygen atoms in total. The van der Waals surface area contributed by atoms with Crippen molar-refractivity contribution in [1.82, 2.24) is 14.5 Å². The third-order valence-electron chi connectivity index (χ3n) is 6.07. The highest BCUT2D eigenvalue weighted by molar-refractivity contribution is 6.02. The summed E-state index contributed by atoms with van der Waals surface area (Å²) < 4.78 is 2.02. The summed E-state index contributed by atoms with van der Waals surface area (Å²) >= 11 is 0. The van der Waals surface area contributed by atoms with Crippen molar-refractivity contribution in [3.8, 4) is 0 Å². The summed E-state index contributed by atoms with van der Waals surface area (Å²) in [5, 5.41) is 6.29. The molecule has 2 aliphatic rings. The van der Waals surface area contributed by atoms with Crippen LogP contribution < -0.4 is 0 Å². The van der Waals surface area contributed by atoms with E-state index in [2.05, 4.69) is 24.3 Å². The zero-order chi connectivity index (χ0) is 20.5. The van der Waals surface area contributed by atoms with Crippen LogP contribution in [0.1, 0.15) is 48.5 Å². The maximum atomic E-state index is 13.2. The predicted octanol–water partition coefficient (Wildman–Crippen LogP) is 3.27. The Labute approximate surface area is 171 Å². The van der Waals surface area contributed by atoms with Crippen molar-refractivity contribution in [3.05, 3.63) is 59.4 Å². The van der Waals surface area contributed by atoms with E-state index in [0.717, 1.165) is 36.2 Å². The molecule has 1 atom stereocenters. The molecule has 0 spiro atoms. The first kappa shape index (κ1) is 19.4. The minimum atomic E-state index is -0.153. The van der Waals surface area contributed by atoms with Gasteiger partial charge < -0.3 is 9.47 Å². The summed E-state index contributed by atoms with van der Waals surface area (Å²) in [5.41, 5.74) is 4.14. The van der Waals surface area contributed by atoms with Crippen LogP contribution in [-0.2, 0) is 16.6 Å². The zero-order valence-electron chi connectivity index (χ0n) is 17.3. The first-order valence-corrected chi connectivity index (χ1v) is 10.3. The van der Waals surface area contributed by atoms with E-state index in [4.69, 9.17) is 5.10 Å². The summed E-state index contributed by atoms with van der Waals surface area (Å²) in [7, 11) is 3.70. The first-order valence-electron chi connectivity index (χ1n) is 10.3. The highest BCUT2D eigenvalue weighted by atomic mass is 16.2. The van der Waals surface area contributed by atoms with E-state index >= 15 is 0 Å². The molecule has 1 aliphatic heterocycles. The number of benzene rings is 1. The topological polar surface area (TPSA) is 57.9 Å². The average Bonchev–Trinajstić information content (AvgIpc) is 3.27. The minimum absolute atomic E-state index is 0.0572. The summed E-state index contributed by atoms with van der Waals surface area (Å²) in [4.78, 5) is 27.2. The summed E-state index contributed by atoms with van der Waals surface area (Å²) in [6, 6.07) is 12.1. The number of aryl methyl sites for hydroxylation is 2. The third-order valence-corrected chi connectivity index (χ3v) is 6.07. The van der Waals surface area contributed by atoms with Gasteiger partial charge in [-0.15, -0.1) is 0 Å². The van der Waals surface area contributed by atoms with Gasteiger partial charge in [0, 0.05) is 32.6 Å². The van der Waals surface area contributed by atoms with Crippen molar-refractivity contribution in [2.45, 2.75) is 38.6 Å². The lowest BCUT2D eigenvalue weighted by Crippen LogP contribution is -2.42. The van der Waals surface area contributed by atoms with E-state index in [9.17, 15) is 9.59 Å². The normalized spacial score (nSPS) is 19.1. The Bertz CT molecular complexity index is 940. The van der Waals surface area contributed by atoms with Crippen LogP contribution in [0.2, 0.25) is 0 Å². The fraction of sp³-hybridized carbons (Fsp3) is 0.435.